The molecule has 2 unspecified atom stereocenters. The smallest absolute Gasteiger partial charge is 0.0896 e. The summed E-state index contributed by atoms with van der Waals surface area (Å²) >= 11 is 0. The van der Waals surface area contributed by atoms with Gasteiger partial charge in [0.1, 0.15) is 0 Å². The van der Waals surface area contributed by atoms with E-state index < -0.39 is 0 Å². The number of hydrogen-bond acceptors (Lipinski definition) is 3. The molecule has 1 aromatic carbocycles. The fourth-order valence-electron chi connectivity index (χ4n) is 3.35. The van der Waals surface area contributed by atoms with Gasteiger partial charge in [0.25, 0.3) is 0 Å². The molecular weight excluding hydrogens is 248 g/mol. The van der Waals surface area contributed by atoms with Gasteiger partial charge in [-0.1, -0.05) is 18.2 Å². The monoisotopic (exact) mass is 276 g/mol. The van der Waals surface area contributed by atoms with Crippen LogP contribution < -0.4 is 5.32 Å². The van der Waals surface area contributed by atoms with Crippen LogP contribution in [0.4, 0.5) is 0 Å². The van der Waals surface area contributed by atoms with E-state index >= 15 is 0 Å². The van der Waals surface area contributed by atoms with Crippen LogP contribution >= 0.6 is 0 Å². The molecule has 0 amide bonds. The van der Waals surface area contributed by atoms with Crippen molar-refractivity contribution in [1.29, 1.82) is 0 Å². The van der Waals surface area contributed by atoms with E-state index in [1.807, 2.05) is 7.05 Å². The van der Waals surface area contributed by atoms with Crippen molar-refractivity contribution in [1.82, 2.24) is 10.2 Å². The van der Waals surface area contributed by atoms with Crippen LogP contribution in [0.3, 0.4) is 0 Å². The molecule has 1 aliphatic rings. The van der Waals surface area contributed by atoms with E-state index in [2.05, 4.69) is 56.1 Å². The first-order valence-corrected chi connectivity index (χ1v) is 7.64. The Bertz CT molecular complexity index is 422. The number of rotatable bonds is 4. The number of morpholine rings is 1. The Balaban J connectivity index is 2.43. The van der Waals surface area contributed by atoms with E-state index in [4.69, 9.17) is 4.74 Å². The molecule has 0 radical (unpaired) electrons. The van der Waals surface area contributed by atoms with Crippen LogP contribution in [0, 0.1) is 13.8 Å². The second-order valence-corrected chi connectivity index (χ2v) is 6.05. The Kier molecular flexibility index (Phi) is 5.19. The fourth-order valence-corrected chi connectivity index (χ4v) is 3.35. The van der Waals surface area contributed by atoms with E-state index in [1.54, 1.807) is 0 Å². The van der Waals surface area contributed by atoms with Crippen molar-refractivity contribution in [2.24, 2.45) is 0 Å². The van der Waals surface area contributed by atoms with Crippen LogP contribution in [0.25, 0.3) is 0 Å². The summed E-state index contributed by atoms with van der Waals surface area (Å²) in [6, 6.07) is 7.45. The summed E-state index contributed by atoms with van der Waals surface area (Å²) in [7, 11) is 2.00. The molecule has 0 aromatic heterocycles. The van der Waals surface area contributed by atoms with E-state index in [0.717, 1.165) is 19.7 Å². The summed E-state index contributed by atoms with van der Waals surface area (Å²) < 4.78 is 6.07. The Hall–Kier alpha value is -0.900. The Morgan fingerprint density at radius 3 is 2.50 bits per heavy atom. The average Bonchev–Trinajstić information content (AvgIpc) is 2.40. The number of hydrogen-bond donors (Lipinski definition) is 1. The predicted molar refractivity (Wildman–Crippen MR) is 84.2 cm³/mol. The van der Waals surface area contributed by atoms with Crippen LogP contribution in [0.1, 0.15) is 36.6 Å². The molecule has 20 heavy (non-hydrogen) atoms. The van der Waals surface area contributed by atoms with Gasteiger partial charge < -0.3 is 10.1 Å². The number of nitrogens with zero attached hydrogens (tertiary/aromatic N) is 1. The quantitative estimate of drug-likeness (QED) is 0.915. The fraction of sp³-hybridized carbons (Fsp3) is 0.647. The molecule has 0 spiro atoms. The van der Waals surface area contributed by atoms with Gasteiger partial charge in [-0.05, 0) is 51.4 Å². The van der Waals surface area contributed by atoms with Gasteiger partial charge in [-0.25, -0.2) is 0 Å². The van der Waals surface area contributed by atoms with Crippen molar-refractivity contribution in [3.8, 4) is 0 Å². The first-order valence-electron chi connectivity index (χ1n) is 7.64. The van der Waals surface area contributed by atoms with Crippen molar-refractivity contribution in [2.75, 3.05) is 26.7 Å². The summed E-state index contributed by atoms with van der Waals surface area (Å²) in [5.41, 5.74) is 4.18. The van der Waals surface area contributed by atoms with E-state index in [9.17, 15) is 0 Å². The molecule has 0 aliphatic carbocycles. The van der Waals surface area contributed by atoms with Gasteiger partial charge >= 0.3 is 0 Å². The molecule has 2 atom stereocenters. The van der Waals surface area contributed by atoms with Crippen molar-refractivity contribution >= 4 is 0 Å². The van der Waals surface area contributed by atoms with Crippen molar-refractivity contribution < 1.29 is 4.74 Å². The predicted octanol–water partition coefficient (Wildman–Crippen LogP) is 2.67. The lowest BCUT2D eigenvalue weighted by Gasteiger charge is -2.44. The Morgan fingerprint density at radius 2 is 1.95 bits per heavy atom. The average molecular weight is 276 g/mol. The molecule has 0 saturated carbocycles. The van der Waals surface area contributed by atoms with Gasteiger partial charge in [-0.3, -0.25) is 4.90 Å². The third kappa shape index (κ3) is 3.05. The third-order valence-electron chi connectivity index (χ3n) is 4.30. The maximum Gasteiger partial charge on any atom is 0.0896 e. The van der Waals surface area contributed by atoms with E-state index in [1.165, 1.54) is 16.7 Å². The maximum absolute atomic E-state index is 6.07. The molecule has 3 nitrogen and oxygen atoms in total. The highest BCUT2D eigenvalue weighted by Gasteiger charge is 2.35. The van der Waals surface area contributed by atoms with Gasteiger partial charge in [0.15, 0.2) is 0 Å². The van der Waals surface area contributed by atoms with Gasteiger partial charge in [0, 0.05) is 19.1 Å². The summed E-state index contributed by atoms with van der Waals surface area (Å²) in [5, 5.41) is 3.28. The maximum atomic E-state index is 6.07. The SMILES string of the molecule is CNCC1OCCN(C(C)C)C1c1c(C)cccc1C. The molecule has 2 rings (SSSR count). The minimum absolute atomic E-state index is 0.218. The lowest BCUT2D eigenvalue weighted by atomic mass is 9.89. The highest BCUT2D eigenvalue weighted by atomic mass is 16.5. The molecule has 1 aromatic rings. The van der Waals surface area contributed by atoms with E-state index in [0.29, 0.717) is 12.1 Å². The number of ether oxygens (including phenoxy) is 1. The highest BCUT2D eigenvalue weighted by Crippen LogP contribution is 2.34. The second kappa shape index (κ2) is 6.70. The van der Waals surface area contributed by atoms with Crippen molar-refractivity contribution in [3.63, 3.8) is 0 Å². The van der Waals surface area contributed by atoms with Crippen LogP contribution in [-0.4, -0.2) is 43.8 Å². The number of likely N-dealkylation sites (N-methyl/N-ethyl adjacent to an activating group) is 1. The summed E-state index contributed by atoms with van der Waals surface area (Å²) in [4.78, 5) is 2.58. The van der Waals surface area contributed by atoms with Crippen LogP contribution in [0.5, 0.6) is 0 Å². The summed E-state index contributed by atoms with van der Waals surface area (Å²) in [6.07, 6.45) is 0.218. The zero-order valence-corrected chi connectivity index (χ0v) is 13.4. The zero-order chi connectivity index (χ0) is 14.7. The Morgan fingerprint density at radius 1 is 1.30 bits per heavy atom. The zero-order valence-electron chi connectivity index (χ0n) is 13.4. The molecule has 3 heteroatoms. The number of nitrogens with one attached hydrogen (secondary N) is 1. The van der Waals surface area contributed by atoms with Gasteiger partial charge in [-0.15, -0.1) is 0 Å². The summed E-state index contributed by atoms with van der Waals surface area (Å²) in [6.45, 7) is 11.7. The Labute approximate surface area is 123 Å². The molecule has 1 aliphatic heterocycles. The molecule has 1 N–H and O–H groups in total. The molecule has 0 bridgehead atoms. The minimum Gasteiger partial charge on any atom is -0.374 e. The van der Waals surface area contributed by atoms with Crippen LogP contribution in [0.15, 0.2) is 18.2 Å². The molecular formula is C17H28N2O. The van der Waals surface area contributed by atoms with Gasteiger partial charge in [-0.2, -0.15) is 0 Å². The normalized spacial score (nSPS) is 24.3. The standard InChI is InChI=1S/C17H28N2O/c1-12(2)19-9-10-20-15(11-18-5)17(19)16-13(3)7-6-8-14(16)4/h6-8,12,15,17-18H,9-11H2,1-5H3. The molecule has 112 valence electrons. The molecule has 1 saturated heterocycles. The van der Waals surface area contributed by atoms with Crippen molar-refractivity contribution in [3.05, 3.63) is 34.9 Å². The number of aryl methyl sites for hydroxylation is 2. The van der Waals surface area contributed by atoms with Gasteiger partial charge in [0.05, 0.1) is 18.8 Å². The topological polar surface area (TPSA) is 24.5 Å². The highest BCUT2D eigenvalue weighted by molar-refractivity contribution is 5.37. The van der Waals surface area contributed by atoms with Crippen LogP contribution in [-0.2, 0) is 4.74 Å². The van der Waals surface area contributed by atoms with Crippen LogP contribution in [0.2, 0.25) is 0 Å². The summed E-state index contributed by atoms with van der Waals surface area (Å²) in [5.74, 6) is 0. The lowest BCUT2D eigenvalue weighted by molar-refractivity contribution is -0.0819. The molecule has 1 fully saturated rings. The minimum atomic E-state index is 0.218. The third-order valence-corrected chi connectivity index (χ3v) is 4.30. The van der Waals surface area contributed by atoms with Gasteiger partial charge in [0.2, 0.25) is 0 Å². The lowest BCUT2D eigenvalue weighted by Crippen LogP contribution is -2.51. The molecule has 1 heterocycles. The largest absolute Gasteiger partial charge is 0.374 e. The van der Waals surface area contributed by atoms with E-state index in [-0.39, 0.29) is 6.10 Å². The first kappa shape index (κ1) is 15.5. The second-order valence-electron chi connectivity index (χ2n) is 6.05. The van der Waals surface area contributed by atoms with Crippen molar-refractivity contribution in [2.45, 2.75) is 45.9 Å². The number of benzene rings is 1. The first-order chi connectivity index (χ1) is 9.56.